The Balaban J connectivity index is 2.61. The minimum absolute atomic E-state index is 0.171. The predicted molar refractivity (Wildman–Crippen MR) is 60.2 cm³/mol. The van der Waals surface area contributed by atoms with Gasteiger partial charge in [0.2, 0.25) is 0 Å². The lowest BCUT2D eigenvalue weighted by atomic mass is 10.2. The Morgan fingerprint density at radius 2 is 2.12 bits per heavy atom. The zero-order chi connectivity index (χ0) is 11.8. The molecule has 0 fully saturated rings. The Bertz CT molecular complexity index is 336. The summed E-state index contributed by atoms with van der Waals surface area (Å²) in [6.45, 7) is 0.696. The van der Waals surface area contributed by atoms with Crippen molar-refractivity contribution in [2.75, 3.05) is 20.3 Å². The van der Waals surface area contributed by atoms with Crippen LogP contribution >= 0.6 is 0 Å². The number of hydrogen-bond acceptors (Lipinski definition) is 4. The lowest BCUT2D eigenvalue weighted by Gasteiger charge is -2.10. The number of aldehydes is 1. The van der Waals surface area contributed by atoms with Gasteiger partial charge in [0.05, 0.1) is 13.7 Å². The summed E-state index contributed by atoms with van der Waals surface area (Å²) in [7, 11) is 1.53. The summed E-state index contributed by atoms with van der Waals surface area (Å²) in [5.74, 6) is 1.17. The van der Waals surface area contributed by atoms with Crippen molar-refractivity contribution in [2.45, 2.75) is 12.8 Å². The third kappa shape index (κ3) is 3.55. The molecule has 4 heteroatoms. The number of aliphatic hydroxyl groups excluding tert-OH is 1. The van der Waals surface area contributed by atoms with Crippen molar-refractivity contribution in [3.8, 4) is 11.5 Å². The lowest BCUT2D eigenvalue weighted by Crippen LogP contribution is -2.00. The van der Waals surface area contributed by atoms with Gasteiger partial charge in [0.25, 0.3) is 0 Å². The molecular weight excluding hydrogens is 208 g/mol. The van der Waals surface area contributed by atoms with E-state index in [1.54, 1.807) is 18.2 Å². The number of carbonyl (C=O) groups is 1. The van der Waals surface area contributed by atoms with Gasteiger partial charge in [-0.3, -0.25) is 4.79 Å². The van der Waals surface area contributed by atoms with Crippen LogP contribution in [-0.4, -0.2) is 31.7 Å². The molecule has 88 valence electrons. The molecule has 0 heterocycles. The van der Waals surface area contributed by atoms with Crippen LogP contribution in [0.2, 0.25) is 0 Å². The van der Waals surface area contributed by atoms with Gasteiger partial charge in [-0.2, -0.15) is 0 Å². The molecule has 0 saturated heterocycles. The van der Waals surface area contributed by atoms with E-state index >= 15 is 0 Å². The number of hydrogen-bond donors (Lipinski definition) is 1. The van der Waals surface area contributed by atoms with Crippen molar-refractivity contribution in [1.29, 1.82) is 0 Å². The maximum atomic E-state index is 10.6. The van der Waals surface area contributed by atoms with Gasteiger partial charge in [0, 0.05) is 12.2 Å². The van der Waals surface area contributed by atoms with E-state index in [1.165, 1.54) is 7.11 Å². The fourth-order valence-corrected chi connectivity index (χ4v) is 1.27. The van der Waals surface area contributed by atoms with E-state index < -0.39 is 0 Å². The molecule has 4 nitrogen and oxygen atoms in total. The first-order valence-corrected chi connectivity index (χ1v) is 5.18. The van der Waals surface area contributed by atoms with Crippen LogP contribution in [0.1, 0.15) is 23.2 Å². The number of carbonyl (C=O) groups excluding carboxylic acids is 1. The normalized spacial score (nSPS) is 9.88. The van der Waals surface area contributed by atoms with E-state index in [2.05, 4.69) is 0 Å². The Hall–Kier alpha value is -1.55. The maximum absolute atomic E-state index is 10.6. The van der Waals surface area contributed by atoms with Crippen molar-refractivity contribution in [2.24, 2.45) is 0 Å². The monoisotopic (exact) mass is 224 g/mol. The third-order valence-corrected chi connectivity index (χ3v) is 2.13. The number of ether oxygens (including phenoxy) is 2. The average Bonchev–Trinajstić information content (AvgIpc) is 2.34. The summed E-state index contributed by atoms with van der Waals surface area (Å²) in [4.78, 5) is 10.6. The highest BCUT2D eigenvalue weighted by Gasteiger charge is 2.04. The first kappa shape index (κ1) is 12.5. The molecule has 0 radical (unpaired) electrons. The highest BCUT2D eigenvalue weighted by Crippen LogP contribution is 2.27. The molecule has 16 heavy (non-hydrogen) atoms. The Morgan fingerprint density at radius 3 is 2.75 bits per heavy atom. The van der Waals surface area contributed by atoms with Gasteiger partial charge in [-0.25, -0.2) is 0 Å². The molecule has 0 amide bonds. The van der Waals surface area contributed by atoms with Gasteiger partial charge in [-0.1, -0.05) is 0 Å². The van der Waals surface area contributed by atoms with Crippen molar-refractivity contribution in [3.63, 3.8) is 0 Å². The van der Waals surface area contributed by atoms with Crippen LogP contribution in [0, 0.1) is 0 Å². The largest absolute Gasteiger partial charge is 0.493 e. The van der Waals surface area contributed by atoms with E-state index in [4.69, 9.17) is 14.6 Å². The predicted octanol–water partition coefficient (Wildman–Crippen LogP) is 1.66. The van der Waals surface area contributed by atoms with Crippen LogP contribution in [0.4, 0.5) is 0 Å². The zero-order valence-corrected chi connectivity index (χ0v) is 9.31. The minimum atomic E-state index is 0.171. The molecule has 1 aromatic rings. The van der Waals surface area contributed by atoms with Crippen LogP contribution in [0.3, 0.4) is 0 Å². The van der Waals surface area contributed by atoms with Crippen LogP contribution < -0.4 is 9.47 Å². The van der Waals surface area contributed by atoms with Gasteiger partial charge in [0.15, 0.2) is 11.5 Å². The number of rotatable bonds is 7. The zero-order valence-electron chi connectivity index (χ0n) is 9.31. The minimum Gasteiger partial charge on any atom is -0.493 e. The van der Waals surface area contributed by atoms with E-state index in [-0.39, 0.29) is 6.61 Å². The molecule has 0 bridgehead atoms. The molecule has 1 N–H and O–H groups in total. The molecular formula is C12H16O4. The van der Waals surface area contributed by atoms with Gasteiger partial charge < -0.3 is 14.6 Å². The summed E-state index contributed by atoms with van der Waals surface area (Å²) >= 11 is 0. The summed E-state index contributed by atoms with van der Waals surface area (Å²) in [6.07, 6.45) is 2.27. The topological polar surface area (TPSA) is 55.8 Å². The summed E-state index contributed by atoms with van der Waals surface area (Å²) in [6, 6.07) is 5.02. The summed E-state index contributed by atoms with van der Waals surface area (Å²) in [5.41, 5.74) is 0.555. The molecule has 0 saturated carbocycles. The van der Waals surface area contributed by atoms with Crippen LogP contribution in [-0.2, 0) is 0 Å². The fourth-order valence-electron chi connectivity index (χ4n) is 1.27. The lowest BCUT2D eigenvalue weighted by molar-refractivity contribution is 0.112. The van der Waals surface area contributed by atoms with E-state index in [9.17, 15) is 4.79 Å². The van der Waals surface area contributed by atoms with Crippen LogP contribution in [0.25, 0.3) is 0 Å². The third-order valence-electron chi connectivity index (χ3n) is 2.13. The van der Waals surface area contributed by atoms with E-state index in [0.29, 0.717) is 23.7 Å². The van der Waals surface area contributed by atoms with Gasteiger partial charge >= 0.3 is 0 Å². The smallest absolute Gasteiger partial charge is 0.161 e. The maximum Gasteiger partial charge on any atom is 0.161 e. The standard InChI is InChI=1S/C12H16O4/c1-15-12-8-10(9-14)4-5-11(12)16-7-3-2-6-13/h4-5,8-9,13H,2-3,6-7H2,1H3. The van der Waals surface area contributed by atoms with E-state index in [0.717, 1.165) is 19.1 Å². The second-order valence-electron chi connectivity index (χ2n) is 3.31. The summed E-state index contributed by atoms with van der Waals surface area (Å²) in [5, 5.41) is 8.61. The second-order valence-corrected chi connectivity index (χ2v) is 3.31. The number of methoxy groups -OCH3 is 1. The molecule has 0 atom stereocenters. The fraction of sp³-hybridized carbons (Fsp3) is 0.417. The molecule has 0 spiro atoms. The van der Waals surface area contributed by atoms with Crippen molar-refractivity contribution in [1.82, 2.24) is 0 Å². The first-order valence-electron chi connectivity index (χ1n) is 5.18. The molecule has 0 unspecified atom stereocenters. The highest BCUT2D eigenvalue weighted by molar-refractivity contribution is 5.76. The van der Waals surface area contributed by atoms with Gasteiger partial charge in [-0.05, 0) is 31.0 Å². The first-order chi connectivity index (χ1) is 7.81. The van der Waals surface area contributed by atoms with Crippen LogP contribution in [0.5, 0.6) is 11.5 Å². The highest BCUT2D eigenvalue weighted by atomic mass is 16.5. The Kier molecular flexibility index (Phi) is 5.36. The molecule has 0 aliphatic rings. The number of unbranched alkanes of at least 4 members (excludes halogenated alkanes) is 1. The number of aliphatic hydroxyl groups is 1. The summed E-state index contributed by atoms with van der Waals surface area (Å²) < 4.78 is 10.6. The molecule has 0 aromatic heterocycles. The van der Waals surface area contributed by atoms with Crippen molar-refractivity contribution in [3.05, 3.63) is 23.8 Å². The molecule has 1 rings (SSSR count). The SMILES string of the molecule is COc1cc(C=O)ccc1OCCCCO. The molecule has 0 aliphatic carbocycles. The van der Waals surface area contributed by atoms with Gasteiger partial charge in [-0.15, -0.1) is 0 Å². The van der Waals surface area contributed by atoms with Crippen molar-refractivity contribution >= 4 is 6.29 Å². The molecule has 1 aromatic carbocycles. The molecule has 0 aliphatic heterocycles. The van der Waals surface area contributed by atoms with Gasteiger partial charge in [0.1, 0.15) is 6.29 Å². The van der Waals surface area contributed by atoms with Crippen molar-refractivity contribution < 1.29 is 19.4 Å². The Labute approximate surface area is 94.8 Å². The number of benzene rings is 1. The average molecular weight is 224 g/mol. The Morgan fingerprint density at radius 1 is 1.31 bits per heavy atom. The van der Waals surface area contributed by atoms with E-state index in [1.807, 2.05) is 0 Å². The quantitative estimate of drug-likeness (QED) is 0.565. The van der Waals surface area contributed by atoms with Crippen LogP contribution in [0.15, 0.2) is 18.2 Å². The second kappa shape index (κ2) is 6.85.